The highest BCUT2D eigenvalue weighted by Gasteiger charge is 2.25. The number of rotatable bonds is 7. The number of hydrogen-bond acceptors (Lipinski definition) is 4. The summed E-state index contributed by atoms with van der Waals surface area (Å²) in [6, 6.07) is 11.2. The van der Waals surface area contributed by atoms with Crippen LogP contribution in [0.15, 0.2) is 47.6 Å². The number of hydrogen-bond donors (Lipinski definition) is 2. The minimum atomic E-state index is -0.281. The van der Waals surface area contributed by atoms with E-state index in [1.807, 2.05) is 43.0 Å². The molecular weight excluding hydrogens is 484 g/mol. The molecule has 6 nitrogen and oxygen atoms in total. The van der Waals surface area contributed by atoms with Gasteiger partial charge >= 0.3 is 0 Å². The van der Waals surface area contributed by atoms with Crippen molar-refractivity contribution in [2.45, 2.75) is 32.9 Å². The van der Waals surface area contributed by atoms with Crippen molar-refractivity contribution in [3.8, 4) is 5.75 Å². The van der Waals surface area contributed by atoms with Crippen LogP contribution in [0.25, 0.3) is 0 Å². The topological polar surface area (TPSA) is 61.8 Å². The molecule has 0 aliphatic carbocycles. The van der Waals surface area contributed by atoms with Crippen molar-refractivity contribution in [2.75, 3.05) is 31.1 Å². The minimum Gasteiger partial charge on any atom is -0.494 e. The largest absolute Gasteiger partial charge is 0.494 e. The highest BCUT2D eigenvalue weighted by Crippen LogP contribution is 2.21. The fourth-order valence-electron chi connectivity index (χ4n) is 3.29. The molecule has 29 heavy (non-hydrogen) atoms. The molecular formula is C21H29FIN5O. The van der Waals surface area contributed by atoms with Gasteiger partial charge in [-0.15, -0.1) is 24.0 Å². The summed E-state index contributed by atoms with van der Waals surface area (Å²) in [6.07, 6.45) is 2.52. The van der Waals surface area contributed by atoms with Gasteiger partial charge in [0.05, 0.1) is 13.2 Å². The lowest BCUT2D eigenvalue weighted by Crippen LogP contribution is -2.44. The summed E-state index contributed by atoms with van der Waals surface area (Å²) in [6.45, 7) is 7.38. The molecule has 1 atom stereocenters. The average molecular weight is 513 g/mol. The smallest absolute Gasteiger partial charge is 0.191 e. The Morgan fingerprint density at radius 2 is 2.10 bits per heavy atom. The van der Waals surface area contributed by atoms with Crippen LogP contribution in [-0.2, 0) is 6.54 Å². The predicted octanol–water partition coefficient (Wildman–Crippen LogP) is 3.57. The molecule has 1 aliphatic rings. The summed E-state index contributed by atoms with van der Waals surface area (Å²) >= 11 is 0. The Hall–Kier alpha value is -2.10. The van der Waals surface area contributed by atoms with Gasteiger partial charge in [-0.25, -0.2) is 14.4 Å². The Labute approximate surface area is 189 Å². The summed E-state index contributed by atoms with van der Waals surface area (Å²) < 4.78 is 19.7. The molecule has 1 saturated heterocycles. The zero-order chi connectivity index (χ0) is 19.8. The standard InChI is InChI=1S/C21H28FN5O.HI/c1-3-23-21(25-14-16-8-5-6-10-19(16)28-4-2)26-17-11-13-27(15-17)20-18(22)9-7-12-24-20;/h5-10,12,17H,3-4,11,13-15H2,1-2H3,(H2,23,25,26);1H. The number of aromatic nitrogens is 1. The molecule has 158 valence electrons. The van der Waals surface area contributed by atoms with E-state index < -0.39 is 0 Å². The molecule has 1 aliphatic heterocycles. The third kappa shape index (κ3) is 6.45. The first kappa shape index (κ1) is 23.2. The van der Waals surface area contributed by atoms with Gasteiger partial charge in [0.1, 0.15) is 5.75 Å². The van der Waals surface area contributed by atoms with E-state index in [1.54, 1.807) is 12.3 Å². The average Bonchev–Trinajstić information content (AvgIpc) is 3.16. The Balaban J connectivity index is 0.00000300. The first-order valence-electron chi connectivity index (χ1n) is 9.82. The Morgan fingerprint density at radius 1 is 1.28 bits per heavy atom. The van der Waals surface area contributed by atoms with Crippen molar-refractivity contribution in [1.29, 1.82) is 0 Å². The highest BCUT2D eigenvalue weighted by molar-refractivity contribution is 14.0. The van der Waals surface area contributed by atoms with Crippen LogP contribution in [0.2, 0.25) is 0 Å². The Kier molecular flexibility index (Phi) is 9.43. The van der Waals surface area contributed by atoms with Crippen molar-refractivity contribution < 1.29 is 9.13 Å². The molecule has 2 heterocycles. The van der Waals surface area contributed by atoms with Gasteiger partial charge in [-0.3, -0.25) is 0 Å². The highest BCUT2D eigenvalue weighted by atomic mass is 127. The molecule has 8 heteroatoms. The van der Waals surface area contributed by atoms with Crippen LogP contribution >= 0.6 is 24.0 Å². The number of guanidine groups is 1. The van der Waals surface area contributed by atoms with Crippen molar-refractivity contribution in [3.63, 3.8) is 0 Å². The van der Waals surface area contributed by atoms with E-state index in [2.05, 4.69) is 15.6 Å². The summed E-state index contributed by atoms with van der Waals surface area (Å²) in [5.41, 5.74) is 1.05. The van der Waals surface area contributed by atoms with Gasteiger partial charge in [-0.05, 0) is 38.5 Å². The predicted molar refractivity (Wildman–Crippen MR) is 126 cm³/mol. The van der Waals surface area contributed by atoms with Crippen LogP contribution in [0.3, 0.4) is 0 Å². The van der Waals surface area contributed by atoms with E-state index in [-0.39, 0.29) is 35.8 Å². The Bertz CT molecular complexity index is 804. The second-order valence-corrected chi connectivity index (χ2v) is 6.62. The maximum atomic E-state index is 14.0. The van der Waals surface area contributed by atoms with Gasteiger partial charge in [0.15, 0.2) is 17.6 Å². The van der Waals surface area contributed by atoms with Gasteiger partial charge < -0.3 is 20.3 Å². The van der Waals surface area contributed by atoms with Crippen molar-refractivity contribution in [1.82, 2.24) is 15.6 Å². The van der Waals surface area contributed by atoms with E-state index in [9.17, 15) is 4.39 Å². The molecule has 0 radical (unpaired) electrons. The normalized spacial score (nSPS) is 16.3. The summed E-state index contributed by atoms with van der Waals surface area (Å²) in [7, 11) is 0. The minimum absolute atomic E-state index is 0. The molecule has 3 rings (SSSR count). The number of nitrogens with zero attached hydrogens (tertiary/aromatic N) is 3. The molecule has 1 unspecified atom stereocenters. The van der Waals surface area contributed by atoms with Gasteiger partial charge in [0.25, 0.3) is 0 Å². The number of benzene rings is 1. The zero-order valence-electron chi connectivity index (χ0n) is 16.9. The zero-order valence-corrected chi connectivity index (χ0v) is 19.2. The second-order valence-electron chi connectivity index (χ2n) is 6.62. The van der Waals surface area contributed by atoms with E-state index in [0.29, 0.717) is 25.5 Å². The number of nitrogens with one attached hydrogen (secondary N) is 2. The molecule has 2 N–H and O–H groups in total. The van der Waals surface area contributed by atoms with Crippen molar-refractivity contribution in [2.24, 2.45) is 4.99 Å². The van der Waals surface area contributed by atoms with E-state index >= 15 is 0 Å². The van der Waals surface area contributed by atoms with Gasteiger partial charge in [-0.1, -0.05) is 18.2 Å². The van der Waals surface area contributed by atoms with Crippen LogP contribution in [0, 0.1) is 5.82 Å². The van der Waals surface area contributed by atoms with Crippen LogP contribution in [0.4, 0.5) is 10.2 Å². The summed E-state index contributed by atoms with van der Waals surface area (Å²) in [4.78, 5) is 10.9. The fraction of sp³-hybridized carbons (Fsp3) is 0.429. The van der Waals surface area contributed by atoms with E-state index in [0.717, 1.165) is 36.8 Å². The first-order chi connectivity index (χ1) is 13.7. The number of ether oxygens (including phenoxy) is 1. The molecule has 0 bridgehead atoms. The second kappa shape index (κ2) is 11.8. The lowest BCUT2D eigenvalue weighted by Gasteiger charge is -2.20. The third-order valence-electron chi connectivity index (χ3n) is 4.59. The van der Waals surface area contributed by atoms with Crippen LogP contribution < -0.4 is 20.3 Å². The molecule has 1 aromatic heterocycles. The molecule has 0 saturated carbocycles. The van der Waals surface area contributed by atoms with Crippen LogP contribution in [0.1, 0.15) is 25.8 Å². The summed E-state index contributed by atoms with van der Waals surface area (Å²) in [5.74, 6) is 1.75. The molecule has 2 aromatic rings. The van der Waals surface area contributed by atoms with Crippen molar-refractivity contribution >= 4 is 35.8 Å². The number of para-hydroxylation sites is 1. The SMILES string of the molecule is CCNC(=NCc1ccccc1OCC)NC1CCN(c2ncccc2F)C1.I. The number of pyridine rings is 1. The molecule has 0 spiro atoms. The lowest BCUT2D eigenvalue weighted by atomic mass is 10.2. The maximum absolute atomic E-state index is 14.0. The van der Waals surface area contributed by atoms with E-state index in [1.165, 1.54) is 6.07 Å². The third-order valence-corrected chi connectivity index (χ3v) is 4.59. The van der Waals surface area contributed by atoms with Gasteiger partial charge in [0.2, 0.25) is 0 Å². The number of anilines is 1. The van der Waals surface area contributed by atoms with Gasteiger partial charge in [0, 0.05) is 37.4 Å². The number of aliphatic imine (C=N–C) groups is 1. The Morgan fingerprint density at radius 3 is 2.86 bits per heavy atom. The lowest BCUT2D eigenvalue weighted by molar-refractivity contribution is 0.336. The molecule has 1 fully saturated rings. The maximum Gasteiger partial charge on any atom is 0.191 e. The summed E-state index contributed by atoms with van der Waals surface area (Å²) in [5, 5.41) is 6.75. The fourth-order valence-corrected chi connectivity index (χ4v) is 3.29. The van der Waals surface area contributed by atoms with E-state index in [4.69, 9.17) is 9.73 Å². The van der Waals surface area contributed by atoms with Gasteiger partial charge in [-0.2, -0.15) is 0 Å². The van der Waals surface area contributed by atoms with Crippen molar-refractivity contribution in [3.05, 3.63) is 54.0 Å². The first-order valence-corrected chi connectivity index (χ1v) is 9.82. The van der Waals surface area contributed by atoms with Crippen LogP contribution in [0.5, 0.6) is 5.75 Å². The monoisotopic (exact) mass is 513 g/mol. The molecule has 0 amide bonds. The van der Waals surface area contributed by atoms with Crippen LogP contribution in [-0.4, -0.2) is 43.2 Å². The number of halogens is 2. The molecule has 1 aromatic carbocycles. The quantitative estimate of drug-likeness (QED) is 0.337.